The molecule has 1 atom stereocenters. The van der Waals surface area contributed by atoms with Crippen LogP contribution < -0.4 is 9.64 Å². The molecule has 1 unspecified atom stereocenters. The van der Waals surface area contributed by atoms with Crippen molar-refractivity contribution in [3.8, 4) is 17.0 Å². The molecule has 0 bridgehead atoms. The fraction of sp³-hybridized carbons (Fsp3) is 0.294. The Labute approximate surface area is 134 Å². The van der Waals surface area contributed by atoms with Crippen molar-refractivity contribution in [2.75, 3.05) is 25.1 Å². The Morgan fingerprint density at radius 1 is 1.26 bits per heavy atom. The number of methoxy groups -OCH3 is 1. The van der Waals surface area contributed by atoms with Crippen molar-refractivity contribution in [1.29, 1.82) is 0 Å². The minimum atomic E-state index is -0.291. The van der Waals surface area contributed by atoms with Crippen molar-refractivity contribution >= 4 is 11.5 Å². The lowest BCUT2D eigenvalue weighted by atomic mass is 10.1. The van der Waals surface area contributed by atoms with Crippen LogP contribution in [0.1, 0.15) is 6.42 Å². The third kappa shape index (κ3) is 2.31. The zero-order valence-corrected chi connectivity index (χ0v) is 12.9. The number of aliphatic hydroxyl groups excluding tert-OH is 1. The van der Waals surface area contributed by atoms with E-state index in [1.807, 2.05) is 41.1 Å². The van der Waals surface area contributed by atoms with Gasteiger partial charge in [0.2, 0.25) is 0 Å². The highest BCUT2D eigenvalue weighted by Gasteiger charge is 2.24. The first kappa shape index (κ1) is 14.0. The molecule has 3 heterocycles. The van der Waals surface area contributed by atoms with E-state index in [9.17, 15) is 5.11 Å². The number of aliphatic hydroxyl groups is 1. The average molecular weight is 310 g/mol. The quantitative estimate of drug-likeness (QED) is 0.801. The number of aromatic nitrogens is 3. The van der Waals surface area contributed by atoms with Gasteiger partial charge < -0.3 is 14.7 Å². The summed E-state index contributed by atoms with van der Waals surface area (Å²) in [7, 11) is 1.67. The van der Waals surface area contributed by atoms with Gasteiger partial charge >= 0.3 is 0 Å². The SMILES string of the molecule is COc1ccccc1-c1cnc2c(N3CCC(O)C3)nccn12. The summed E-state index contributed by atoms with van der Waals surface area (Å²) in [6.45, 7) is 1.40. The molecule has 0 amide bonds. The van der Waals surface area contributed by atoms with Gasteiger partial charge in [-0.25, -0.2) is 9.97 Å². The van der Waals surface area contributed by atoms with Crippen molar-refractivity contribution in [3.05, 3.63) is 42.9 Å². The fourth-order valence-electron chi connectivity index (χ4n) is 3.12. The summed E-state index contributed by atoms with van der Waals surface area (Å²) >= 11 is 0. The number of rotatable bonds is 3. The van der Waals surface area contributed by atoms with E-state index in [0.717, 1.165) is 41.4 Å². The highest BCUT2D eigenvalue weighted by atomic mass is 16.5. The van der Waals surface area contributed by atoms with Crippen molar-refractivity contribution in [2.45, 2.75) is 12.5 Å². The number of hydrogen-bond acceptors (Lipinski definition) is 5. The molecule has 1 N–H and O–H groups in total. The molecule has 0 radical (unpaired) electrons. The van der Waals surface area contributed by atoms with Gasteiger partial charge in [0.05, 0.1) is 25.1 Å². The Balaban J connectivity index is 1.85. The second kappa shape index (κ2) is 5.55. The minimum Gasteiger partial charge on any atom is -0.496 e. The zero-order valence-electron chi connectivity index (χ0n) is 12.9. The molecule has 2 aromatic heterocycles. The van der Waals surface area contributed by atoms with E-state index in [1.165, 1.54) is 0 Å². The van der Waals surface area contributed by atoms with E-state index >= 15 is 0 Å². The Morgan fingerprint density at radius 2 is 2.13 bits per heavy atom. The molecule has 0 saturated carbocycles. The molecule has 1 aliphatic heterocycles. The fourth-order valence-corrected chi connectivity index (χ4v) is 3.12. The maximum absolute atomic E-state index is 9.77. The highest BCUT2D eigenvalue weighted by molar-refractivity contribution is 5.74. The van der Waals surface area contributed by atoms with E-state index in [1.54, 1.807) is 13.3 Å². The summed E-state index contributed by atoms with van der Waals surface area (Å²) in [4.78, 5) is 11.1. The van der Waals surface area contributed by atoms with E-state index in [2.05, 4.69) is 14.9 Å². The van der Waals surface area contributed by atoms with Crippen LogP contribution >= 0.6 is 0 Å². The van der Waals surface area contributed by atoms with Gasteiger partial charge in [-0.15, -0.1) is 0 Å². The topological polar surface area (TPSA) is 62.9 Å². The number of imidazole rings is 1. The zero-order chi connectivity index (χ0) is 15.8. The van der Waals surface area contributed by atoms with Gasteiger partial charge in [0.15, 0.2) is 11.5 Å². The van der Waals surface area contributed by atoms with Crippen LogP contribution in [0, 0.1) is 0 Å². The van der Waals surface area contributed by atoms with Crippen LogP contribution in [-0.2, 0) is 0 Å². The van der Waals surface area contributed by atoms with Crippen LogP contribution in [0.2, 0.25) is 0 Å². The van der Waals surface area contributed by atoms with Crippen LogP contribution in [0.15, 0.2) is 42.9 Å². The first-order valence-corrected chi connectivity index (χ1v) is 7.66. The molecule has 118 valence electrons. The van der Waals surface area contributed by atoms with Gasteiger partial charge in [0.1, 0.15) is 5.75 Å². The summed E-state index contributed by atoms with van der Waals surface area (Å²) in [6.07, 6.45) is 5.99. The van der Waals surface area contributed by atoms with Crippen molar-refractivity contribution in [2.24, 2.45) is 0 Å². The second-order valence-electron chi connectivity index (χ2n) is 5.68. The first-order chi connectivity index (χ1) is 11.3. The molecule has 1 saturated heterocycles. The molecule has 6 nitrogen and oxygen atoms in total. The molecule has 0 aliphatic carbocycles. The van der Waals surface area contributed by atoms with E-state index < -0.39 is 0 Å². The third-order valence-electron chi connectivity index (χ3n) is 4.26. The summed E-state index contributed by atoms with van der Waals surface area (Å²) in [5.74, 6) is 1.62. The Kier molecular flexibility index (Phi) is 3.38. The molecular formula is C17H18N4O2. The van der Waals surface area contributed by atoms with Crippen molar-refractivity contribution < 1.29 is 9.84 Å². The molecule has 3 aromatic rings. The van der Waals surface area contributed by atoms with Gasteiger partial charge in [-0.2, -0.15) is 0 Å². The van der Waals surface area contributed by atoms with Gasteiger partial charge in [-0.1, -0.05) is 12.1 Å². The van der Waals surface area contributed by atoms with Crippen LogP contribution in [0.4, 0.5) is 5.82 Å². The van der Waals surface area contributed by atoms with Gasteiger partial charge in [-0.3, -0.25) is 4.40 Å². The van der Waals surface area contributed by atoms with Crippen molar-refractivity contribution in [1.82, 2.24) is 14.4 Å². The normalized spacial score (nSPS) is 17.8. The molecule has 0 spiro atoms. The number of para-hydroxylation sites is 1. The summed E-state index contributed by atoms with van der Waals surface area (Å²) < 4.78 is 7.48. The number of anilines is 1. The van der Waals surface area contributed by atoms with Crippen LogP contribution in [-0.4, -0.2) is 45.8 Å². The Bertz CT molecular complexity index is 845. The summed E-state index contributed by atoms with van der Waals surface area (Å²) in [5, 5.41) is 9.77. The Morgan fingerprint density at radius 3 is 2.91 bits per heavy atom. The molecular weight excluding hydrogens is 292 g/mol. The average Bonchev–Trinajstić information content (AvgIpc) is 3.20. The lowest BCUT2D eigenvalue weighted by molar-refractivity contribution is 0.198. The number of β-amino-alcohol motifs (C(OH)–C–C–N with tert-alkyl or cyclic N) is 1. The number of hydrogen-bond donors (Lipinski definition) is 1. The van der Waals surface area contributed by atoms with E-state index in [0.29, 0.717) is 6.54 Å². The van der Waals surface area contributed by atoms with Crippen molar-refractivity contribution in [3.63, 3.8) is 0 Å². The largest absolute Gasteiger partial charge is 0.496 e. The monoisotopic (exact) mass is 310 g/mol. The van der Waals surface area contributed by atoms with Gasteiger partial charge in [0.25, 0.3) is 0 Å². The second-order valence-corrected chi connectivity index (χ2v) is 5.68. The molecule has 23 heavy (non-hydrogen) atoms. The van der Waals surface area contributed by atoms with Gasteiger partial charge in [-0.05, 0) is 18.6 Å². The number of fused-ring (bicyclic) bond motifs is 1. The minimum absolute atomic E-state index is 0.291. The predicted molar refractivity (Wildman–Crippen MR) is 87.8 cm³/mol. The van der Waals surface area contributed by atoms with Crippen LogP contribution in [0.5, 0.6) is 5.75 Å². The standard InChI is InChI=1S/C17H18N4O2/c1-23-15-5-3-2-4-13(15)14-10-19-17-16(18-7-9-21(14)17)20-8-6-12(22)11-20/h2-5,7,9-10,12,22H,6,8,11H2,1H3. The third-order valence-corrected chi connectivity index (χ3v) is 4.26. The number of ether oxygens (including phenoxy) is 1. The molecule has 6 heteroatoms. The number of nitrogens with zero attached hydrogens (tertiary/aromatic N) is 4. The summed E-state index contributed by atoms with van der Waals surface area (Å²) in [6, 6.07) is 7.88. The van der Waals surface area contributed by atoms with E-state index in [4.69, 9.17) is 4.74 Å². The lowest BCUT2D eigenvalue weighted by Gasteiger charge is -2.17. The lowest BCUT2D eigenvalue weighted by Crippen LogP contribution is -2.23. The molecule has 1 aromatic carbocycles. The predicted octanol–water partition coefficient (Wildman–Crippen LogP) is 1.98. The van der Waals surface area contributed by atoms with Crippen LogP contribution in [0.3, 0.4) is 0 Å². The van der Waals surface area contributed by atoms with Crippen LogP contribution in [0.25, 0.3) is 16.9 Å². The van der Waals surface area contributed by atoms with Gasteiger partial charge in [0, 0.05) is 31.0 Å². The maximum Gasteiger partial charge on any atom is 0.180 e. The Hall–Kier alpha value is -2.60. The smallest absolute Gasteiger partial charge is 0.180 e. The first-order valence-electron chi connectivity index (χ1n) is 7.66. The van der Waals surface area contributed by atoms with E-state index in [-0.39, 0.29) is 6.10 Å². The molecule has 1 aliphatic rings. The summed E-state index contributed by atoms with van der Waals surface area (Å²) in [5.41, 5.74) is 2.74. The molecule has 4 rings (SSSR count). The number of benzene rings is 1. The maximum atomic E-state index is 9.77. The highest BCUT2D eigenvalue weighted by Crippen LogP contribution is 2.32. The molecule has 1 fully saturated rings.